The van der Waals surface area contributed by atoms with E-state index in [0.717, 1.165) is 42.8 Å². The zero-order chi connectivity index (χ0) is 15.9. The molecule has 1 aromatic heterocycles. The van der Waals surface area contributed by atoms with E-state index >= 15 is 0 Å². The maximum absolute atomic E-state index is 12.1. The van der Waals surface area contributed by atoms with Crippen LogP contribution in [0, 0.1) is 0 Å². The number of halogens is 1. The fraction of sp³-hybridized carbons (Fsp3) is 0.333. The molecule has 0 saturated carbocycles. The van der Waals surface area contributed by atoms with Gasteiger partial charge in [-0.2, -0.15) is 0 Å². The molecule has 5 nitrogen and oxygen atoms in total. The predicted molar refractivity (Wildman–Crippen MR) is 95.8 cm³/mol. The van der Waals surface area contributed by atoms with Gasteiger partial charge in [0.1, 0.15) is 5.75 Å². The standard InChI is InChI=1S/C18H21N3O2.ClH/c22-18(16-4-5-17-15(11-16)6-10-23-17)21-9-2-8-20-13-14-3-1-7-19-12-14;/h1,3-5,7,11-12,20H,2,6,8-10,13H2,(H,21,22);1H. The van der Waals surface area contributed by atoms with Gasteiger partial charge in [0.15, 0.2) is 0 Å². The summed E-state index contributed by atoms with van der Waals surface area (Å²) in [6.07, 6.45) is 5.39. The van der Waals surface area contributed by atoms with Crippen molar-refractivity contribution in [2.24, 2.45) is 0 Å². The van der Waals surface area contributed by atoms with Crippen molar-refractivity contribution in [1.29, 1.82) is 0 Å². The van der Waals surface area contributed by atoms with Crippen LogP contribution in [0.3, 0.4) is 0 Å². The Labute approximate surface area is 148 Å². The number of pyridine rings is 1. The topological polar surface area (TPSA) is 63.2 Å². The number of benzene rings is 1. The Bertz CT molecular complexity index is 665. The molecule has 2 aromatic rings. The zero-order valence-corrected chi connectivity index (χ0v) is 14.3. The van der Waals surface area contributed by atoms with Crippen molar-refractivity contribution in [3.63, 3.8) is 0 Å². The lowest BCUT2D eigenvalue weighted by Crippen LogP contribution is -2.27. The zero-order valence-electron chi connectivity index (χ0n) is 13.5. The first-order valence-electron chi connectivity index (χ1n) is 7.96. The Balaban J connectivity index is 0.00000208. The molecule has 1 amide bonds. The molecule has 24 heavy (non-hydrogen) atoms. The minimum Gasteiger partial charge on any atom is -0.493 e. The highest BCUT2D eigenvalue weighted by Gasteiger charge is 2.14. The van der Waals surface area contributed by atoms with Gasteiger partial charge >= 0.3 is 0 Å². The first-order chi connectivity index (χ1) is 11.3. The molecule has 0 fully saturated rings. The number of carbonyl (C=O) groups is 1. The van der Waals surface area contributed by atoms with Crippen LogP contribution >= 0.6 is 12.4 Å². The van der Waals surface area contributed by atoms with Crippen LogP contribution in [0.25, 0.3) is 0 Å². The third-order valence-electron chi connectivity index (χ3n) is 3.82. The number of ether oxygens (including phenoxy) is 1. The second-order valence-corrected chi connectivity index (χ2v) is 5.57. The van der Waals surface area contributed by atoms with Crippen molar-refractivity contribution >= 4 is 18.3 Å². The average Bonchev–Trinajstić information content (AvgIpc) is 3.06. The second-order valence-electron chi connectivity index (χ2n) is 5.57. The summed E-state index contributed by atoms with van der Waals surface area (Å²) in [5.74, 6) is 0.883. The van der Waals surface area contributed by atoms with Crippen LogP contribution in [-0.2, 0) is 13.0 Å². The SMILES string of the molecule is Cl.O=C(NCCCNCc1cccnc1)c1ccc2c(c1)CCO2. The highest BCUT2D eigenvalue weighted by Crippen LogP contribution is 2.25. The summed E-state index contributed by atoms with van der Waals surface area (Å²) in [7, 11) is 0. The Morgan fingerprint density at radius 3 is 3.00 bits per heavy atom. The van der Waals surface area contributed by atoms with Crippen LogP contribution in [0.15, 0.2) is 42.7 Å². The van der Waals surface area contributed by atoms with Crippen LogP contribution in [0.4, 0.5) is 0 Å². The molecule has 6 heteroatoms. The van der Waals surface area contributed by atoms with Crippen molar-refractivity contribution < 1.29 is 9.53 Å². The lowest BCUT2D eigenvalue weighted by Gasteiger charge is -2.07. The predicted octanol–water partition coefficient (Wildman–Crippen LogP) is 2.35. The largest absolute Gasteiger partial charge is 0.493 e. The van der Waals surface area contributed by atoms with E-state index in [0.29, 0.717) is 18.7 Å². The van der Waals surface area contributed by atoms with E-state index in [9.17, 15) is 4.79 Å². The number of carbonyl (C=O) groups excluding carboxylic acids is 1. The minimum absolute atomic E-state index is 0. The first kappa shape index (κ1) is 18.2. The summed E-state index contributed by atoms with van der Waals surface area (Å²) in [5.41, 5.74) is 2.99. The molecule has 2 N–H and O–H groups in total. The van der Waals surface area contributed by atoms with Crippen molar-refractivity contribution in [2.45, 2.75) is 19.4 Å². The van der Waals surface area contributed by atoms with Crippen LogP contribution < -0.4 is 15.4 Å². The quantitative estimate of drug-likeness (QED) is 0.755. The number of amides is 1. The molecular weight excluding hydrogens is 326 g/mol. The van der Waals surface area contributed by atoms with Crippen molar-refractivity contribution in [3.05, 3.63) is 59.4 Å². The van der Waals surface area contributed by atoms with E-state index in [1.54, 1.807) is 6.20 Å². The summed E-state index contributed by atoms with van der Waals surface area (Å²) >= 11 is 0. The molecule has 0 radical (unpaired) electrons. The fourth-order valence-corrected chi connectivity index (χ4v) is 2.58. The number of rotatable bonds is 7. The van der Waals surface area contributed by atoms with E-state index in [1.165, 1.54) is 0 Å². The second kappa shape index (κ2) is 9.25. The van der Waals surface area contributed by atoms with Gasteiger partial charge in [0.2, 0.25) is 0 Å². The van der Waals surface area contributed by atoms with Gasteiger partial charge in [0, 0.05) is 37.5 Å². The van der Waals surface area contributed by atoms with E-state index in [4.69, 9.17) is 4.74 Å². The number of aromatic nitrogens is 1. The molecular formula is C18H22ClN3O2. The Morgan fingerprint density at radius 2 is 2.17 bits per heavy atom. The molecule has 1 aliphatic heterocycles. The van der Waals surface area contributed by atoms with Gasteiger partial charge < -0.3 is 15.4 Å². The number of hydrogen-bond donors (Lipinski definition) is 2. The van der Waals surface area contributed by atoms with Crippen LogP contribution in [0.5, 0.6) is 5.75 Å². The highest BCUT2D eigenvalue weighted by atomic mass is 35.5. The van der Waals surface area contributed by atoms with Gasteiger partial charge in [0.25, 0.3) is 5.91 Å². The molecule has 0 bridgehead atoms. The summed E-state index contributed by atoms with van der Waals surface area (Å²) in [6.45, 7) is 3.02. The Morgan fingerprint density at radius 1 is 1.25 bits per heavy atom. The third-order valence-corrected chi connectivity index (χ3v) is 3.82. The van der Waals surface area contributed by atoms with Crippen LogP contribution in [0.2, 0.25) is 0 Å². The molecule has 1 aromatic carbocycles. The number of fused-ring (bicyclic) bond motifs is 1. The summed E-state index contributed by atoms with van der Waals surface area (Å²) in [4.78, 5) is 16.2. The monoisotopic (exact) mass is 347 g/mol. The summed E-state index contributed by atoms with van der Waals surface area (Å²) in [5, 5.41) is 6.30. The van der Waals surface area contributed by atoms with E-state index in [-0.39, 0.29) is 18.3 Å². The fourth-order valence-electron chi connectivity index (χ4n) is 2.58. The molecule has 0 atom stereocenters. The molecule has 0 unspecified atom stereocenters. The normalized spacial score (nSPS) is 12.0. The number of nitrogens with zero attached hydrogens (tertiary/aromatic N) is 1. The summed E-state index contributed by atoms with van der Waals surface area (Å²) < 4.78 is 5.45. The molecule has 0 spiro atoms. The van der Waals surface area contributed by atoms with Gasteiger partial charge in [-0.1, -0.05) is 6.07 Å². The van der Waals surface area contributed by atoms with E-state index in [2.05, 4.69) is 15.6 Å². The molecule has 128 valence electrons. The van der Waals surface area contributed by atoms with Crippen LogP contribution in [0.1, 0.15) is 27.9 Å². The number of hydrogen-bond acceptors (Lipinski definition) is 4. The molecule has 1 aliphatic rings. The van der Waals surface area contributed by atoms with E-state index < -0.39 is 0 Å². The number of nitrogens with one attached hydrogen (secondary N) is 2. The van der Waals surface area contributed by atoms with Crippen molar-refractivity contribution in [2.75, 3.05) is 19.7 Å². The molecule has 2 heterocycles. The van der Waals surface area contributed by atoms with Crippen LogP contribution in [-0.4, -0.2) is 30.6 Å². The minimum atomic E-state index is -0.0213. The maximum atomic E-state index is 12.1. The average molecular weight is 348 g/mol. The summed E-state index contributed by atoms with van der Waals surface area (Å²) in [6, 6.07) is 9.60. The molecule has 3 rings (SSSR count). The molecule has 0 saturated heterocycles. The van der Waals surface area contributed by atoms with Gasteiger partial charge in [-0.3, -0.25) is 9.78 Å². The van der Waals surface area contributed by atoms with E-state index in [1.807, 2.05) is 36.5 Å². The third kappa shape index (κ3) is 4.94. The Hall–Kier alpha value is -2.11. The Kier molecular flexibility index (Phi) is 7.03. The lowest BCUT2D eigenvalue weighted by molar-refractivity contribution is 0.0953. The first-order valence-corrected chi connectivity index (χ1v) is 7.96. The smallest absolute Gasteiger partial charge is 0.251 e. The van der Waals surface area contributed by atoms with Gasteiger partial charge in [0.05, 0.1) is 6.61 Å². The van der Waals surface area contributed by atoms with Crippen molar-refractivity contribution in [3.8, 4) is 5.75 Å². The maximum Gasteiger partial charge on any atom is 0.251 e. The van der Waals surface area contributed by atoms with Gasteiger partial charge in [-0.25, -0.2) is 0 Å². The van der Waals surface area contributed by atoms with Crippen molar-refractivity contribution in [1.82, 2.24) is 15.6 Å². The molecule has 0 aliphatic carbocycles. The van der Waals surface area contributed by atoms with Gasteiger partial charge in [-0.05, 0) is 48.4 Å². The highest BCUT2D eigenvalue weighted by molar-refractivity contribution is 5.94. The van der Waals surface area contributed by atoms with Gasteiger partial charge in [-0.15, -0.1) is 12.4 Å². The lowest BCUT2D eigenvalue weighted by atomic mass is 10.1.